The highest BCUT2D eigenvalue weighted by molar-refractivity contribution is 6.44. The fourth-order valence-electron chi connectivity index (χ4n) is 2.29. The first-order valence-electron chi connectivity index (χ1n) is 6.92. The maximum atomic E-state index is 12.7. The lowest BCUT2D eigenvalue weighted by Gasteiger charge is -2.23. The molecule has 0 saturated heterocycles. The fourth-order valence-corrected chi connectivity index (χ4v) is 2.69. The van der Waals surface area contributed by atoms with E-state index in [2.05, 4.69) is 5.10 Å². The first-order chi connectivity index (χ1) is 11.1. The van der Waals surface area contributed by atoms with Crippen LogP contribution in [-0.2, 0) is 0 Å². The lowest BCUT2D eigenvalue weighted by Crippen LogP contribution is -2.34. The van der Waals surface area contributed by atoms with Gasteiger partial charge in [0.15, 0.2) is 5.78 Å². The van der Waals surface area contributed by atoms with E-state index in [1.807, 2.05) is 30.3 Å². The van der Waals surface area contributed by atoms with Crippen molar-refractivity contribution in [1.29, 1.82) is 0 Å². The Morgan fingerprint density at radius 2 is 1.83 bits per heavy atom. The molecule has 4 nitrogen and oxygen atoms in total. The van der Waals surface area contributed by atoms with Crippen LogP contribution in [0.3, 0.4) is 0 Å². The van der Waals surface area contributed by atoms with E-state index in [1.165, 1.54) is 0 Å². The van der Waals surface area contributed by atoms with E-state index in [-0.39, 0.29) is 16.6 Å². The Bertz CT molecular complexity index is 803. The van der Waals surface area contributed by atoms with Crippen molar-refractivity contribution in [2.24, 2.45) is 16.8 Å². The number of carbonyl (C=O) groups is 1. The summed E-state index contributed by atoms with van der Waals surface area (Å²) in [5.74, 6) is -0.689. The second kappa shape index (κ2) is 6.44. The molecule has 0 radical (unpaired) electrons. The lowest BCUT2D eigenvalue weighted by molar-refractivity contribution is 0.0971. The smallest absolute Gasteiger partial charge is 0.178 e. The van der Waals surface area contributed by atoms with E-state index in [9.17, 15) is 4.79 Å². The Morgan fingerprint density at radius 1 is 1.09 bits per heavy atom. The number of nitrogens with two attached hydrogens (primary N) is 1. The number of benzene rings is 2. The molecule has 6 heteroatoms. The van der Waals surface area contributed by atoms with E-state index in [0.29, 0.717) is 10.6 Å². The van der Waals surface area contributed by atoms with Gasteiger partial charge in [0.2, 0.25) is 0 Å². The molecular weight excluding hydrogens is 333 g/mol. The van der Waals surface area contributed by atoms with Crippen molar-refractivity contribution in [1.82, 2.24) is 0 Å². The molecule has 0 aliphatic carbocycles. The number of carbonyl (C=O) groups excluding carboxylic acids is 1. The third kappa shape index (κ3) is 3.09. The molecule has 1 aliphatic rings. The number of hydrogen-bond donors (Lipinski definition) is 1. The van der Waals surface area contributed by atoms with Crippen LogP contribution in [0.5, 0.6) is 0 Å². The predicted octanol–water partition coefficient (Wildman–Crippen LogP) is 4.10. The molecular formula is C17H13Cl2N3O. The van der Waals surface area contributed by atoms with Crippen LogP contribution < -0.4 is 10.7 Å². The molecule has 0 aromatic heterocycles. The first-order valence-corrected chi connectivity index (χ1v) is 7.68. The molecule has 3 rings (SSSR count). The van der Waals surface area contributed by atoms with Gasteiger partial charge in [-0.2, -0.15) is 5.10 Å². The van der Waals surface area contributed by atoms with Gasteiger partial charge in [-0.3, -0.25) is 4.79 Å². The minimum Gasteiger partial charge on any atom is -0.385 e. The van der Waals surface area contributed by atoms with Crippen LogP contribution in [0.1, 0.15) is 10.4 Å². The summed E-state index contributed by atoms with van der Waals surface area (Å²) in [7, 11) is 0. The summed E-state index contributed by atoms with van der Waals surface area (Å²) in [6.07, 6.45) is 3.42. The van der Waals surface area contributed by atoms with Gasteiger partial charge in [0.25, 0.3) is 0 Å². The fraction of sp³-hybridized carbons (Fsp3) is 0.0588. The van der Waals surface area contributed by atoms with Gasteiger partial charge in [-0.05, 0) is 30.3 Å². The van der Waals surface area contributed by atoms with Gasteiger partial charge in [-0.25, -0.2) is 5.01 Å². The van der Waals surface area contributed by atoms with Crippen molar-refractivity contribution in [3.05, 3.63) is 76.4 Å². The number of Topliss-reactive ketones (excluding diaryl/α,β-unsaturated/α-hetero) is 1. The highest BCUT2D eigenvalue weighted by atomic mass is 35.5. The van der Waals surface area contributed by atoms with Gasteiger partial charge < -0.3 is 5.73 Å². The Morgan fingerprint density at radius 3 is 2.52 bits per heavy atom. The third-order valence-electron chi connectivity index (χ3n) is 3.48. The number of ketones is 1. The number of anilines is 1. The van der Waals surface area contributed by atoms with Crippen LogP contribution in [0.15, 0.2) is 65.9 Å². The third-order valence-corrected chi connectivity index (χ3v) is 4.30. The summed E-state index contributed by atoms with van der Waals surface area (Å²) in [5, 5.41) is 6.46. The Hall–Kier alpha value is -2.30. The first kappa shape index (κ1) is 15.6. The average molecular weight is 346 g/mol. The maximum absolute atomic E-state index is 12.7. The highest BCUT2D eigenvalue weighted by Gasteiger charge is 2.27. The van der Waals surface area contributed by atoms with Crippen molar-refractivity contribution in [3.8, 4) is 0 Å². The summed E-state index contributed by atoms with van der Waals surface area (Å²) < 4.78 is 0. The molecule has 1 unspecified atom stereocenters. The van der Waals surface area contributed by atoms with Gasteiger partial charge >= 0.3 is 0 Å². The van der Waals surface area contributed by atoms with Crippen molar-refractivity contribution < 1.29 is 4.79 Å². The van der Waals surface area contributed by atoms with E-state index in [1.54, 1.807) is 35.5 Å². The van der Waals surface area contributed by atoms with Crippen LogP contribution in [0, 0.1) is 5.92 Å². The van der Waals surface area contributed by atoms with Crippen LogP contribution in [0.25, 0.3) is 0 Å². The van der Waals surface area contributed by atoms with Gasteiger partial charge in [0, 0.05) is 11.8 Å². The summed E-state index contributed by atoms with van der Waals surface area (Å²) in [4.78, 5) is 12.7. The van der Waals surface area contributed by atoms with E-state index in [4.69, 9.17) is 28.9 Å². The second-order valence-electron chi connectivity index (χ2n) is 4.99. The number of nitrogens with zero attached hydrogens (tertiary/aromatic N) is 2. The Labute approximate surface area is 143 Å². The zero-order valence-corrected chi connectivity index (χ0v) is 13.5. The van der Waals surface area contributed by atoms with Crippen molar-refractivity contribution in [2.75, 3.05) is 5.01 Å². The molecule has 1 aliphatic heterocycles. The topological polar surface area (TPSA) is 58.7 Å². The molecule has 2 N–H and O–H groups in total. The zero-order valence-electron chi connectivity index (χ0n) is 12.0. The van der Waals surface area contributed by atoms with Gasteiger partial charge in [0.1, 0.15) is 11.8 Å². The molecule has 116 valence electrons. The molecule has 1 heterocycles. The number of halogens is 2. The van der Waals surface area contributed by atoms with Gasteiger partial charge in [0.05, 0.1) is 15.7 Å². The summed E-state index contributed by atoms with van der Waals surface area (Å²) in [6.45, 7) is 0. The number of rotatable bonds is 3. The molecule has 2 aromatic rings. The predicted molar refractivity (Wildman–Crippen MR) is 94.0 cm³/mol. The molecule has 0 saturated carbocycles. The quantitative estimate of drug-likeness (QED) is 0.852. The summed E-state index contributed by atoms with van der Waals surface area (Å²) in [5.41, 5.74) is 7.19. The molecule has 0 bridgehead atoms. The minimum atomic E-state index is -0.661. The normalized spacial score (nSPS) is 17.0. The minimum absolute atomic E-state index is 0.206. The van der Waals surface area contributed by atoms with Gasteiger partial charge in [-0.1, -0.05) is 47.5 Å². The number of para-hydroxylation sites is 1. The zero-order chi connectivity index (χ0) is 16.4. The molecule has 1 atom stereocenters. The van der Waals surface area contributed by atoms with Gasteiger partial charge in [-0.15, -0.1) is 0 Å². The van der Waals surface area contributed by atoms with Crippen LogP contribution in [0.4, 0.5) is 5.69 Å². The number of amidine groups is 1. The standard InChI is InChI=1S/C17H13Cl2N3O/c18-14-8-4-7-12(15(14)19)16(23)13-9-10-22(21-17(13)20)11-5-2-1-3-6-11/h1-10,13H,(H2,20,21). The summed E-state index contributed by atoms with van der Waals surface area (Å²) >= 11 is 12.1. The molecule has 2 aromatic carbocycles. The van der Waals surface area contributed by atoms with Crippen LogP contribution in [0.2, 0.25) is 10.0 Å². The van der Waals surface area contributed by atoms with Crippen LogP contribution >= 0.6 is 23.2 Å². The largest absolute Gasteiger partial charge is 0.385 e. The number of hydrazone groups is 1. The Balaban J connectivity index is 1.87. The lowest BCUT2D eigenvalue weighted by atomic mass is 9.96. The van der Waals surface area contributed by atoms with Crippen molar-refractivity contribution >= 4 is 40.5 Å². The van der Waals surface area contributed by atoms with Crippen molar-refractivity contribution in [3.63, 3.8) is 0 Å². The molecule has 0 amide bonds. The van der Waals surface area contributed by atoms with Crippen molar-refractivity contribution in [2.45, 2.75) is 0 Å². The summed E-state index contributed by atoms with van der Waals surface area (Å²) in [6, 6.07) is 14.5. The highest BCUT2D eigenvalue weighted by Crippen LogP contribution is 2.29. The second-order valence-corrected chi connectivity index (χ2v) is 5.77. The molecule has 23 heavy (non-hydrogen) atoms. The SMILES string of the molecule is NC1=NN(c2ccccc2)C=CC1C(=O)c1cccc(Cl)c1Cl. The van der Waals surface area contributed by atoms with E-state index >= 15 is 0 Å². The number of hydrogen-bond acceptors (Lipinski definition) is 4. The average Bonchev–Trinajstić information content (AvgIpc) is 2.57. The van der Waals surface area contributed by atoms with E-state index < -0.39 is 5.92 Å². The molecule has 0 fully saturated rings. The maximum Gasteiger partial charge on any atom is 0.178 e. The Kier molecular flexibility index (Phi) is 4.37. The van der Waals surface area contributed by atoms with Crippen LogP contribution in [-0.4, -0.2) is 11.6 Å². The monoisotopic (exact) mass is 345 g/mol. The van der Waals surface area contributed by atoms with E-state index in [0.717, 1.165) is 5.69 Å². The molecule has 0 spiro atoms.